The van der Waals surface area contributed by atoms with Gasteiger partial charge in [0.2, 0.25) is 0 Å². The number of alkyl halides is 4. The third kappa shape index (κ3) is 1.78. The van der Waals surface area contributed by atoms with Crippen LogP contribution >= 0.6 is 0 Å². The molecule has 0 atom stereocenters. The zero-order valence-electron chi connectivity index (χ0n) is 5.18. The predicted octanol–water partition coefficient (Wildman–Crippen LogP) is 2.91. The summed E-state index contributed by atoms with van der Waals surface area (Å²) in [6.45, 7) is 2.43. The van der Waals surface area contributed by atoms with E-state index in [1.807, 2.05) is 0 Å². The minimum Gasteiger partial charge on any atom is -0.200 e. The molecule has 0 spiro atoms. The Balaban J connectivity index is 4.53. The van der Waals surface area contributed by atoms with E-state index < -0.39 is 24.7 Å². The Kier molecular flexibility index (Phi) is 2.79. The molecule has 0 aromatic rings. The van der Waals surface area contributed by atoms with E-state index in [2.05, 4.69) is 6.92 Å². The lowest BCUT2D eigenvalue weighted by molar-refractivity contribution is -0.226. The van der Waals surface area contributed by atoms with E-state index in [0.29, 0.717) is 0 Å². The maximum absolute atomic E-state index is 11.9. The first-order valence-electron chi connectivity index (χ1n) is 2.49. The van der Waals surface area contributed by atoms with Gasteiger partial charge in [-0.15, -0.1) is 0 Å². The molecule has 0 fully saturated rings. The van der Waals surface area contributed by atoms with Crippen molar-refractivity contribution in [3.05, 3.63) is 13.3 Å². The molecule has 0 N–H and O–H groups in total. The summed E-state index contributed by atoms with van der Waals surface area (Å²) in [5.74, 6) is -10.1. The quantitative estimate of drug-likeness (QED) is 0.583. The lowest BCUT2D eigenvalue weighted by Crippen LogP contribution is -2.42. The van der Waals surface area contributed by atoms with Gasteiger partial charge in [0.1, 0.15) is 0 Å². The van der Waals surface area contributed by atoms with E-state index in [1.165, 1.54) is 0 Å². The highest BCUT2D eigenvalue weighted by Gasteiger charge is 2.62. The van der Waals surface area contributed by atoms with Gasteiger partial charge in [0.15, 0.2) is 0 Å². The number of halogens is 6. The molecule has 0 nitrogen and oxygen atoms in total. The lowest BCUT2D eigenvalue weighted by Gasteiger charge is -2.22. The van der Waals surface area contributed by atoms with Gasteiger partial charge in [-0.2, -0.15) is 26.3 Å². The van der Waals surface area contributed by atoms with E-state index in [-0.39, 0.29) is 0 Å². The van der Waals surface area contributed by atoms with Gasteiger partial charge in [0.25, 0.3) is 0 Å². The van der Waals surface area contributed by atoms with Crippen molar-refractivity contribution in [1.29, 1.82) is 0 Å². The Morgan fingerprint density at radius 2 is 1.45 bits per heavy atom. The van der Waals surface area contributed by atoms with E-state index >= 15 is 0 Å². The Hall–Kier alpha value is -0.420. The second-order valence-corrected chi connectivity index (χ2v) is 1.79. The standard InChI is InChI=1S/C5H4F6/c1-2-4(8,9)5(10,11)3(6)7/h1-2H2. The molecule has 0 bridgehead atoms. The van der Waals surface area contributed by atoms with Crippen molar-refractivity contribution in [3.63, 3.8) is 0 Å². The summed E-state index contributed by atoms with van der Waals surface area (Å²) in [6, 6.07) is 0. The van der Waals surface area contributed by atoms with Crippen LogP contribution in [0.5, 0.6) is 0 Å². The van der Waals surface area contributed by atoms with Gasteiger partial charge in [0.05, 0.1) is 0 Å². The summed E-state index contributed by atoms with van der Waals surface area (Å²) in [5.41, 5.74) is 0. The summed E-state index contributed by atoms with van der Waals surface area (Å²) >= 11 is 0. The van der Waals surface area contributed by atoms with Crippen molar-refractivity contribution >= 4 is 0 Å². The molecule has 0 aromatic carbocycles. The van der Waals surface area contributed by atoms with Crippen LogP contribution in [-0.4, -0.2) is 11.8 Å². The molecule has 66 valence electrons. The second kappa shape index (κ2) is 2.91. The summed E-state index contributed by atoms with van der Waals surface area (Å²) in [6.07, 6.45) is -5.16. The van der Waals surface area contributed by atoms with E-state index in [4.69, 9.17) is 0 Å². The van der Waals surface area contributed by atoms with E-state index in [1.54, 1.807) is 0 Å². The van der Waals surface area contributed by atoms with Crippen LogP contribution in [0.15, 0.2) is 0 Å². The Morgan fingerprint density at radius 3 is 1.55 bits per heavy atom. The highest BCUT2D eigenvalue weighted by molar-refractivity contribution is 4.96. The number of hydrogen-bond donors (Lipinski definition) is 0. The van der Waals surface area contributed by atoms with Crippen molar-refractivity contribution in [2.75, 3.05) is 0 Å². The van der Waals surface area contributed by atoms with E-state index in [9.17, 15) is 26.3 Å². The van der Waals surface area contributed by atoms with Crippen molar-refractivity contribution in [2.45, 2.75) is 18.3 Å². The maximum atomic E-state index is 11.9. The molecule has 0 aromatic heterocycles. The first-order valence-corrected chi connectivity index (χ1v) is 2.49. The average molecular weight is 178 g/mol. The highest BCUT2D eigenvalue weighted by Crippen LogP contribution is 2.44. The predicted molar refractivity (Wildman–Crippen MR) is 25.3 cm³/mol. The first-order chi connectivity index (χ1) is 4.75. The molecule has 2 radical (unpaired) electrons. The van der Waals surface area contributed by atoms with Crippen LogP contribution in [0.1, 0.15) is 6.42 Å². The fourth-order valence-corrected chi connectivity index (χ4v) is 0.295. The van der Waals surface area contributed by atoms with Gasteiger partial charge in [-0.05, 0) is 6.92 Å². The van der Waals surface area contributed by atoms with Crippen LogP contribution in [0.4, 0.5) is 26.3 Å². The minimum absolute atomic E-state index is 1.57. The first kappa shape index (κ1) is 10.6. The molecule has 0 aliphatic carbocycles. The summed E-state index contributed by atoms with van der Waals surface area (Å²) in [7, 11) is 0. The van der Waals surface area contributed by atoms with Crippen LogP contribution in [0.25, 0.3) is 0 Å². The van der Waals surface area contributed by atoms with Crippen molar-refractivity contribution in [3.8, 4) is 0 Å². The van der Waals surface area contributed by atoms with Crippen LogP contribution in [0.3, 0.4) is 0 Å². The molecule has 6 heteroatoms. The normalized spacial score (nSPS) is 14.2. The smallest absolute Gasteiger partial charge is 0.200 e. The molecular formula is C5H4F6. The molecule has 0 aliphatic heterocycles. The second-order valence-electron chi connectivity index (χ2n) is 1.79. The largest absolute Gasteiger partial charge is 0.384 e. The van der Waals surface area contributed by atoms with Crippen molar-refractivity contribution in [2.24, 2.45) is 0 Å². The van der Waals surface area contributed by atoms with Gasteiger partial charge < -0.3 is 0 Å². The van der Waals surface area contributed by atoms with Crippen molar-refractivity contribution < 1.29 is 26.3 Å². The molecular weight excluding hydrogens is 174 g/mol. The molecule has 0 heterocycles. The molecule has 0 aliphatic rings. The molecule has 0 amide bonds. The fourth-order valence-electron chi connectivity index (χ4n) is 0.295. The fraction of sp³-hybridized carbons (Fsp3) is 0.600. The van der Waals surface area contributed by atoms with Gasteiger partial charge in [0, 0.05) is 6.42 Å². The minimum atomic E-state index is -5.37. The molecule has 0 saturated heterocycles. The zero-order valence-corrected chi connectivity index (χ0v) is 5.18. The summed E-state index contributed by atoms with van der Waals surface area (Å²) < 4.78 is 69.5. The van der Waals surface area contributed by atoms with Gasteiger partial charge >= 0.3 is 18.3 Å². The SMILES string of the molecule is [CH2]CC(F)(F)C(F)(F)[C](F)F. The molecule has 0 rings (SSSR count). The van der Waals surface area contributed by atoms with E-state index in [0.717, 1.165) is 0 Å². The van der Waals surface area contributed by atoms with Crippen LogP contribution in [0.2, 0.25) is 0 Å². The van der Waals surface area contributed by atoms with Gasteiger partial charge in [-0.1, -0.05) is 0 Å². The number of hydrogen-bond acceptors (Lipinski definition) is 0. The third-order valence-corrected chi connectivity index (χ3v) is 1.01. The topological polar surface area (TPSA) is 0 Å². The van der Waals surface area contributed by atoms with Gasteiger partial charge in [-0.25, -0.2) is 0 Å². The van der Waals surface area contributed by atoms with Crippen molar-refractivity contribution in [1.82, 2.24) is 0 Å². The highest BCUT2D eigenvalue weighted by atomic mass is 19.3. The zero-order chi connectivity index (χ0) is 9.28. The Bertz CT molecular complexity index is 129. The molecule has 0 saturated carbocycles. The maximum Gasteiger partial charge on any atom is 0.384 e. The van der Waals surface area contributed by atoms with Gasteiger partial charge in [-0.3, -0.25) is 0 Å². The molecule has 0 unspecified atom stereocenters. The Morgan fingerprint density at radius 1 is 1.09 bits per heavy atom. The van der Waals surface area contributed by atoms with Crippen LogP contribution < -0.4 is 0 Å². The summed E-state index contributed by atoms with van der Waals surface area (Å²) in [5, 5.41) is 0. The Labute approximate surface area is 59.2 Å². The number of rotatable bonds is 3. The van der Waals surface area contributed by atoms with Crippen LogP contribution in [0, 0.1) is 13.3 Å². The monoisotopic (exact) mass is 178 g/mol. The lowest BCUT2D eigenvalue weighted by atomic mass is 10.1. The molecule has 11 heavy (non-hydrogen) atoms. The third-order valence-electron chi connectivity index (χ3n) is 1.01. The van der Waals surface area contributed by atoms with Crippen LogP contribution in [-0.2, 0) is 0 Å². The summed E-state index contributed by atoms with van der Waals surface area (Å²) in [4.78, 5) is 0. The average Bonchev–Trinajstić information content (AvgIpc) is 1.87.